The van der Waals surface area contributed by atoms with Crippen LogP contribution in [0.2, 0.25) is 0 Å². The van der Waals surface area contributed by atoms with E-state index in [1.165, 1.54) is 0 Å². The Hall–Kier alpha value is -2.48. The van der Waals surface area contributed by atoms with Gasteiger partial charge in [-0.25, -0.2) is 4.98 Å². The molecule has 0 unspecified atom stereocenters. The second kappa shape index (κ2) is 5.66. The Morgan fingerprint density at radius 2 is 2.15 bits per heavy atom. The van der Waals surface area contributed by atoms with Crippen molar-refractivity contribution in [2.24, 2.45) is 0 Å². The van der Waals surface area contributed by atoms with Crippen LogP contribution in [0.5, 0.6) is 0 Å². The third-order valence-corrected chi connectivity index (χ3v) is 2.94. The molecule has 0 atom stereocenters. The van der Waals surface area contributed by atoms with Crippen molar-refractivity contribution in [1.29, 1.82) is 0 Å². The van der Waals surface area contributed by atoms with E-state index in [1.807, 2.05) is 0 Å². The Balaban J connectivity index is 2.29. The van der Waals surface area contributed by atoms with Crippen LogP contribution in [0.1, 0.15) is 10.4 Å². The molecule has 7 nitrogen and oxygen atoms in total. The molecular formula is C12H9BrN4O3. The smallest absolute Gasteiger partial charge is 0.288 e. The average molecular weight is 337 g/mol. The van der Waals surface area contributed by atoms with Crippen LogP contribution >= 0.6 is 15.9 Å². The summed E-state index contributed by atoms with van der Waals surface area (Å²) in [6.07, 6.45) is 1.01. The van der Waals surface area contributed by atoms with Gasteiger partial charge >= 0.3 is 0 Å². The first-order chi connectivity index (χ1) is 9.47. The Morgan fingerprint density at radius 3 is 2.80 bits per heavy atom. The van der Waals surface area contributed by atoms with Crippen LogP contribution in [-0.2, 0) is 0 Å². The number of nitrogen functional groups attached to an aromatic ring is 1. The number of hydrogen-bond acceptors (Lipinski definition) is 5. The highest BCUT2D eigenvalue weighted by molar-refractivity contribution is 9.10. The number of benzene rings is 1. The molecule has 0 saturated carbocycles. The highest BCUT2D eigenvalue weighted by atomic mass is 79.9. The molecule has 0 aliphatic rings. The molecule has 1 aromatic heterocycles. The van der Waals surface area contributed by atoms with E-state index in [9.17, 15) is 14.9 Å². The number of nitrogens with two attached hydrogens (primary N) is 1. The van der Waals surface area contributed by atoms with Crippen LogP contribution in [-0.4, -0.2) is 15.8 Å². The third kappa shape index (κ3) is 3.09. The lowest BCUT2D eigenvalue weighted by Gasteiger charge is -2.07. The Bertz CT molecular complexity index is 690. The normalized spacial score (nSPS) is 10.1. The monoisotopic (exact) mass is 336 g/mol. The van der Waals surface area contributed by atoms with Gasteiger partial charge in [-0.15, -0.1) is 0 Å². The Kier molecular flexibility index (Phi) is 3.94. The van der Waals surface area contributed by atoms with Crippen molar-refractivity contribution >= 4 is 39.0 Å². The number of hydrogen-bond donors (Lipinski definition) is 2. The molecule has 3 N–H and O–H groups in total. The summed E-state index contributed by atoms with van der Waals surface area (Å²) in [4.78, 5) is 25.7. The van der Waals surface area contributed by atoms with E-state index in [-0.39, 0.29) is 17.1 Å². The lowest BCUT2D eigenvalue weighted by Crippen LogP contribution is -2.15. The lowest BCUT2D eigenvalue weighted by molar-refractivity contribution is -0.385. The molecule has 0 aliphatic heterocycles. The van der Waals surface area contributed by atoms with Gasteiger partial charge < -0.3 is 11.1 Å². The molecular weight excluding hydrogens is 328 g/mol. The zero-order valence-corrected chi connectivity index (χ0v) is 11.6. The van der Waals surface area contributed by atoms with Crippen LogP contribution in [0.4, 0.5) is 17.2 Å². The number of amides is 1. The predicted octanol–water partition coefficient (Wildman–Crippen LogP) is 2.59. The van der Waals surface area contributed by atoms with E-state index in [0.29, 0.717) is 5.69 Å². The summed E-state index contributed by atoms with van der Waals surface area (Å²) in [5, 5.41) is 13.3. The lowest BCUT2D eigenvalue weighted by atomic mass is 10.2. The number of nitrogens with one attached hydrogen (secondary N) is 1. The van der Waals surface area contributed by atoms with Gasteiger partial charge in [-0.3, -0.25) is 14.9 Å². The van der Waals surface area contributed by atoms with Crippen molar-refractivity contribution in [1.82, 2.24) is 4.98 Å². The summed E-state index contributed by atoms with van der Waals surface area (Å²) in [6.45, 7) is 0. The van der Waals surface area contributed by atoms with Crippen LogP contribution < -0.4 is 11.1 Å². The first kappa shape index (κ1) is 13.9. The van der Waals surface area contributed by atoms with Crippen molar-refractivity contribution in [2.45, 2.75) is 0 Å². The molecule has 0 saturated heterocycles. The van der Waals surface area contributed by atoms with Gasteiger partial charge in [0.2, 0.25) is 0 Å². The predicted molar refractivity (Wildman–Crippen MR) is 77.4 cm³/mol. The van der Waals surface area contributed by atoms with Crippen LogP contribution in [0, 0.1) is 10.1 Å². The maximum atomic E-state index is 12.1. The molecule has 2 rings (SSSR count). The van der Waals surface area contributed by atoms with Crippen molar-refractivity contribution in [3.8, 4) is 0 Å². The van der Waals surface area contributed by atoms with Gasteiger partial charge in [0, 0.05) is 16.2 Å². The van der Waals surface area contributed by atoms with Gasteiger partial charge in [0.15, 0.2) is 0 Å². The third-order valence-electron chi connectivity index (χ3n) is 2.44. The van der Waals surface area contributed by atoms with Gasteiger partial charge in [0.1, 0.15) is 12.0 Å². The summed E-state index contributed by atoms with van der Waals surface area (Å²) in [7, 11) is 0. The summed E-state index contributed by atoms with van der Waals surface area (Å²) < 4.78 is 0.792. The molecule has 0 radical (unpaired) electrons. The minimum absolute atomic E-state index is 0.0424. The molecule has 0 spiro atoms. The molecule has 1 heterocycles. The highest BCUT2D eigenvalue weighted by Gasteiger charge is 2.16. The zero-order chi connectivity index (χ0) is 14.7. The summed E-state index contributed by atoms with van der Waals surface area (Å²) in [5.41, 5.74) is 5.77. The van der Waals surface area contributed by atoms with E-state index in [0.717, 1.165) is 16.7 Å². The SMILES string of the molecule is Nc1ncc([N+](=O)[O-])cc1C(=O)Nc1cccc(Br)c1. The molecule has 0 bridgehead atoms. The molecule has 1 amide bonds. The summed E-state index contributed by atoms with van der Waals surface area (Å²) in [5.74, 6) is -0.625. The van der Waals surface area contributed by atoms with E-state index in [1.54, 1.807) is 24.3 Å². The van der Waals surface area contributed by atoms with Gasteiger partial charge in [-0.05, 0) is 18.2 Å². The van der Waals surface area contributed by atoms with E-state index in [2.05, 4.69) is 26.2 Å². The van der Waals surface area contributed by atoms with Crippen LogP contribution in [0.3, 0.4) is 0 Å². The topological polar surface area (TPSA) is 111 Å². The number of aromatic nitrogens is 1. The maximum absolute atomic E-state index is 12.1. The number of halogens is 1. The Labute approximate surface area is 122 Å². The first-order valence-corrected chi connectivity index (χ1v) is 6.23. The number of nitro groups is 1. The van der Waals surface area contributed by atoms with E-state index >= 15 is 0 Å². The fraction of sp³-hybridized carbons (Fsp3) is 0. The maximum Gasteiger partial charge on any atom is 0.288 e. The number of pyridine rings is 1. The van der Waals surface area contributed by atoms with Crippen LogP contribution in [0.25, 0.3) is 0 Å². The van der Waals surface area contributed by atoms with Crippen molar-refractivity contribution < 1.29 is 9.72 Å². The first-order valence-electron chi connectivity index (χ1n) is 5.44. The van der Waals surface area contributed by atoms with Crippen LogP contribution in [0.15, 0.2) is 41.0 Å². The average Bonchev–Trinajstić information content (AvgIpc) is 2.38. The zero-order valence-electron chi connectivity index (χ0n) is 10.0. The minimum Gasteiger partial charge on any atom is -0.383 e. The largest absolute Gasteiger partial charge is 0.383 e. The van der Waals surface area contributed by atoms with Gasteiger partial charge in [0.25, 0.3) is 11.6 Å². The van der Waals surface area contributed by atoms with E-state index < -0.39 is 10.8 Å². The molecule has 102 valence electrons. The molecule has 1 aromatic carbocycles. The van der Waals surface area contributed by atoms with Gasteiger partial charge in [0.05, 0.1) is 10.5 Å². The highest BCUT2D eigenvalue weighted by Crippen LogP contribution is 2.20. The Morgan fingerprint density at radius 1 is 1.40 bits per heavy atom. The fourth-order valence-corrected chi connectivity index (χ4v) is 1.91. The molecule has 0 aliphatic carbocycles. The molecule has 0 fully saturated rings. The van der Waals surface area contributed by atoms with Crippen molar-refractivity contribution in [3.63, 3.8) is 0 Å². The molecule has 2 aromatic rings. The number of carbonyl (C=O) groups excluding carboxylic acids is 1. The standard InChI is InChI=1S/C12H9BrN4O3/c13-7-2-1-3-8(4-7)16-12(18)10-5-9(17(19)20)6-15-11(10)14/h1-6H,(H2,14,15)(H,16,18). The fourth-order valence-electron chi connectivity index (χ4n) is 1.51. The second-order valence-corrected chi connectivity index (χ2v) is 4.76. The minimum atomic E-state index is -0.637. The number of nitrogens with zero attached hydrogens (tertiary/aromatic N) is 2. The number of carbonyl (C=O) groups is 1. The number of anilines is 2. The van der Waals surface area contributed by atoms with Gasteiger partial charge in [-0.2, -0.15) is 0 Å². The van der Waals surface area contributed by atoms with Gasteiger partial charge in [-0.1, -0.05) is 22.0 Å². The van der Waals surface area contributed by atoms with E-state index in [4.69, 9.17) is 5.73 Å². The summed E-state index contributed by atoms with van der Waals surface area (Å²) >= 11 is 3.28. The summed E-state index contributed by atoms with van der Waals surface area (Å²) in [6, 6.07) is 8.02. The van der Waals surface area contributed by atoms with Crippen molar-refractivity contribution in [2.75, 3.05) is 11.1 Å². The second-order valence-electron chi connectivity index (χ2n) is 3.85. The molecule has 20 heavy (non-hydrogen) atoms. The van der Waals surface area contributed by atoms with Crippen molar-refractivity contribution in [3.05, 3.63) is 56.7 Å². The molecule has 8 heteroatoms. The number of rotatable bonds is 3. The quantitative estimate of drug-likeness (QED) is 0.660.